The van der Waals surface area contributed by atoms with Gasteiger partial charge in [0.1, 0.15) is 0 Å². The fourth-order valence-corrected chi connectivity index (χ4v) is 4.10. The van der Waals surface area contributed by atoms with Gasteiger partial charge in [-0.25, -0.2) is 0 Å². The topological polar surface area (TPSA) is 0 Å². The fourth-order valence-electron chi connectivity index (χ4n) is 4.10. The molecule has 0 N–H and O–H groups in total. The third-order valence-electron chi connectivity index (χ3n) is 5.57. The molecule has 0 heterocycles. The molecule has 14 heavy (non-hydrogen) atoms. The van der Waals surface area contributed by atoms with E-state index in [2.05, 4.69) is 34.3 Å². The molecule has 0 aliphatic heterocycles. The molecule has 0 heteroatoms. The number of hydrogen-bond acceptors (Lipinski definition) is 0. The summed E-state index contributed by atoms with van der Waals surface area (Å²) in [5.74, 6) is 1.89. The van der Waals surface area contributed by atoms with E-state index in [1.807, 2.05) is 0 Å². The Hall–Kier alpha value is -0.260. The molecule has 0 aromatic rings. The van der Waals surface area contributed by atoms with Gasteiger partial charge in [0.05, 0.1) is 0 Å². The molecule has 0 saturated heterocycles. The van der Waals surface area contributed by atoms with Gasteiger partial charge in [0, 0.05) is 0 Å². The molecule has 0 spiro atoms. The van der Waals surface area contributed by atoms with Crippen molar-refractivity contribution in [3.63, 3.8) is 0 Å². The lowest BCUT2D eigenvalue weighted by molar-refractivity contribution is 0.103. The molecular weight excluding hydrogens is 168 g/mol. The van der Waals surface area contributed by atoms with Crippen LogP contribution in [0.15, 0.2) is 12.2 Å². The minimum Gasteiger partial charge on any atom is -0.100 e. The fraction of sp³-hybridized carbons (Fsp3) is 0.857. The van der Waals surface area contributed by atoms with E-state index in [0.717, 1.165) is 11.8 Å². The SMILES string of the molecule is C=C(C)CC1C[C@H]2CC[C@]1(C)C2(C)C. The molecule has 2 rings (SSSR count). The Balaban J connectivity index is 2.23. The van der Waals surface area contributed by atoms with Crippen molar-refractivity contribution in [2.45, 2.75) is 53.4 Å². The van der Waals surface area contributed by atoms with E-state index in [0.29, 0.717) is 10.8 Å². The molecule has 1 unspecified atom stereocenters. The van der Waals surface area contributed by atoms with Crippen LogP contribution in [0.25, 0.3) is 0 Å². The second-order valence-electron chi connectivity index (χ2n) is 6.47. The zero-order valence-electron chi connectivity index (χ0n) is 10.2. The van der Waals surface area contributed by atoms with Gasteiger partial charge in [0.25, 0.3) is 0 Å². The molecule has 2 aliphatic rings. The molecule has 0 nitrogen and oxygen atoms in total. The first-order valence-corrected chi connectivity index (χ1v) is 6.02. The molecule has 2 bridgehead atoms. The van der Waals surface area contributed by atoms with Gasteiger partial charge in [-0.1, -0.05) is 26.3 Å². The molecule has 3 atom stereocenters. The minimum atomic E-state index is 0.577. The van der Waals surface area contributed by atoms with Crippen molar-refractivity contribution in [3.8, 4) is 0 Å². The van der Waals surface area contributed by atoms with E-state index in [1.54, 1.807) is 0 Å². The Morgan fingerprint density at radius 3 is 2.36 bits per heavy atom. The summed E-state index contributed by atoms with van der Waals surface area (Å²) in [6.07, 6.45) is 5.63. The maximum Gasteiger partial charge on any atom is -0.0240 e. The van der Waals surface area contributed by atoms with E-state index in [1.165, 1.54) is 31.3 Å². The van der Waals surface area contributed by atoms with Crippen molar-refractivity contribution in [2.75, 3.05) is 0 Å². The zero-order valence-corrected chi connectivity index (χ0v) is 10.2. The van der Waals surface area contributed by atoms with Crippen molar-refractivity contribution in [1.82, 2.24) is 0 Å². The molecular formula is C14H24. The quantitative estimate of drug-likeness (QED) is 0.568. The summed E-state index contributed by atoms with van der Waals surface area (Å²) < 4.78 is 0. The van der Waals surface area contributed by atoms with E-state index in [4.69, 9.17) is 0 Å². The molecule has 2 aliphatic carbocycles. The molecule has 0 aromatic heterocycles. The summed E-state index contributed by atoms with van der Waals surface area (Å²) in [4.78, 5) is 0. The van der Waals surface area contributed by atoms with Gasteiger partial charge in [-0.3, -0.25) is 0 Å². The van der Waals surface area contributed by atoms with Crippen LogP contribution in [-0.4, -0.2) is 0 Å². The summed E-state index contributed by atoms with van der Waals surface area (Å²) in [6, 6.07) is 0. The highest BCUT2D eigenvalue weighted by Crippen LogP contribution is 2.69. The van der Waals surface area contributed by atoms with Gasteiger partial charge in [-0.15, -0.1) is 6.58 Å². The van der Waals surface area contributed by atoms with Crippen molar-refractivity contribution in [1.29, 1.82) is 0 Å². The number of fused-ring (bicyclic) bond motifs is 2. The first kappa shape index (κ1) is 10.3. The highest BCUT2D eigenvalue weighted by Gasteiger charge is 2.60. The van der Waals surface area contributed by atoms with Crippen LogP contribution >= 0.6 is 0 Å². The number of rotatable bonds is 2. The third-order valence-corrected chi connectivity index (χ3v) is 5.57. The Kier molecular flexibility index (Phi) is 2.10. The Bertz CT molecular complexity index is 261. The lowest BCUT2D eigenvalue weighted by Crippen LogP contribution is -2.32. The van der Waals surface area contributed by atoms with Crippen LogP contribution in [0.5, 0.6) is 0 Å². The lowest BCUT2D eigenvalue weighted by atomic mass is 9.65. The summed E-state index contributed by atoms with van der Waals surface area (Å²) in [6.45, 7) is 13.8. The molecule has 0 aromatic carbocycles. The molecule has 2 saturated carbocycles. The van der Waals surface area contributed by atoms with Gasteiger partial charge < -0.3 is 0 Å². The predicted molar refractivity (Wildman–Crippen MR) is 62.2 cm³/mol. The van der Waals surface area contributed by atoms with Crippen LogP contribution in [0, 0.1) is 22.7 Å². The lowest BCUT2D eigenvalue weighted by Gasteiger charge is -2.39. The van der Waals surface area contributed by atoms with Crippen molar-refractivity contribution in [3.05, 3.63) is 12.2 Å². The average molecular weight is 192 g/mol. The van der Waals surface area contributed by atoms with Gasteiger partial charge in [0.2, 0.25) is 0 Å². The van der Waals surface area contributed by atoms with E-state index in [9.17, 15) is 0 Å². The second kappa shape index (κ2) is 2.87. The molecule has 2 fully saturated rings. The predicted octanol–water partition coefficient (Wildman–Crippen LogP) is 4.42. The van der Waals surface area contributed by atoms with Crippen LogP contribution in [0.3, 0.4) is 0 Å². The normalized spacial score (nSPS) is 44.3. The van der Waals surface area contributed by atoms with Gasteiger partial charge in [0.15, 0.2) is 0 Å². The van der Waals surface area contributed by atoms with Gasteiger partial charge >= 0.3 is 0 Å². The molecule has 0 amide bonds. The monoisotopic (exact) mass is 192 g/mol. The summed E-state index contributed by atoms with van der Waals surface area (Å²) in [5.41, 5.74) is 2.54. The number of allylic oxidation sites excluding steroid dienone is 1. The van der Waals surface area contributed by atoms with Gasteiger partial charge in [-0.05, 0) is 55.3 Å². The first-order chi connectivity index (χ1) is 6.38. The molecule has 0 radical (unpaired) electrons. The van der Waals surface area contributed by atoms with Crippen molar-refractivity contribution < 1.29 is 0 Å². The maximum absolute atomic E-state index is 4.08. The summed E-state index contributed by atoms with van der Waals surface area (Å²) >= 11 is 0. The van der Waals surface area contributed by atoms with E-state index in [-0.39, 0.29) is 0 Å². The maximum atomic E-state index is 4.08. The summed E-state index contributed by atoms with van der Waals surface area (Å²) in [7, 11) is 0. The standard InChI is InChI=1S/C14H24/c1-10(2)8-12-9-11-6-7-14(12,5)13(11,3)4/h11-12H,1,6-9H2,2-5H3/t11-,12?,14+/m1/s1. The minimum absolute atomic E-state index is 0.577. The second-order valence-corrected chi connectivity index (χ2v) is 6.47. The average Bonchev–Trinajstić information content (AvgIpc) is 2.35. The molecule has 80 valence electrons. The van der Waals surface area contributed by atoms with Crippen LogP contribution in [0.4, 0.5) is 0 Å². The Labute approximate surface area is 88.8 Å². The smallest absolute Gasteiger partial charge is 0.0240 e. The summed E-state index contributed by atoms with van der Waals surface area (Å²) in [5, 5.41) is 0. The van der Waals surface area contributed by atoms with Crippen LogP contribution in [0.1, 0.15) is 53.4 Å². The van der Waals surface area contributed by atoms with E-state index >= 15 is 0 Å². The largest absolute Gasteiger partial charge is 0.100 e. The van der Waals surface area contributed by atoms with E-state index < -0.39 is 0 Å². The highest BCUT2D eigenvalue weighted by atomic mass is 14.6. The third kappa shape index (κ3) is 1.12. The number of hydrogen-bond donors (Lipinski definition) is 0. The van der Waals surface area contributed by atoms with Crippen molar-refractivity contribution in [2.24, 2.45) is 22.7 Å². The van der Waals surface area contributed by atoms with Crippen LogP contribution < -0.4 is 0 Å². The Morgan fingerprint density at radius 2 is 2.00 bits per heavy atom. The van der Waals surface area contributed by atoms with Crippen LogP contribution in [0.2, 0.25) is 0 Å². The van der Waals surface area contributed by atoms with Crippen LogP contribution in [-0.2, 0) is 0 Å². The first-order valence-electron chi connectivity index (χ1n) is 6.02. The zero-order chi connectivity index (χ0) is 10.6. The van der Waals surface area contributed by atoms with Crippen molar-refractivity contribution >= 4 is 0 Å². The highest BCUT2D eigenvalue weighted by molar-refractivity contribution is 5.12. The van der Waals surface area contributed by atoms with Gasteiger partial charge in [-0.2, -0.15) is 0 Å². The Morgan fingerprint density at radius 1 is 1.36 bits per heavy atom.